The van der Waals surface area contributed by atoms with E-state index in [1.807, 2.05) is 19.1 Å². The van der Waals surface area contributed by atoms with E-state index in [2.05, 4.69) is 4.72 Å². The number of esters is 1. The number of benzene rings is 2. The van der Waals surface area contributed by atoms with Crippen molar-refractivity contribution in [2.24, 2.45) is 5.92 Å². The van der Waals surface area contributed by atoms with Crippen LogP contribution >= 0.6 is 0 Å². The quantitative estimate of drug-likeness (QED) is 0.628. The van der Waals surface area contributed by atoms with Crippen LogP contribution in [0.4, 0.5) is 5.69 Å². The number of aliphatic hydroxyl groups excluding tert-OH is 1. The van der Waals surface area contributed by atoms with E-state index < -0.39 is 21.9 Å². The monoisotopic (exact) mass is 452 g/mol. The Kier molecular flexibility index (Phi) is 5.94. The van der Waals surface area contributed by atoms with Gasteiger partial charge in [-0.2, -0.15) is 5.26 Å². The number of ether oxygens (including phenoxy) is 1. The number of nitrogens with zero attached hydrogens (tertiary/aromatic N) is 1. The lowest BCUT2D eigenvalue weighted by atomic mass is 9.83. The third kappa shape index (κ3) is 4.08. The van der Waals surface area contributed by atoms with Gasteiger partial charge in [0.25, 0.3) is 10.0 Å². The van der Waals surface area contributed by atoms with E-state index in [1.165, 1.54) is 24.3 Å². The molecule has 3 atom stereocenters. The Labute approximate surface area is 187 Å². The number of rotatable bonds is 6. The maximum absolute atomic E-state index is 12.8. The van der Waals surface area contributed by atoms with Crippen LogP contribution in [0.1, 0.15) is 49.7 Å². The molecule has 3 unspecified atom stereocenters. The lowest BCUT2D eigenvalue weighted by molar-refractivity contribution is -0.149. The molecule has 0 amide bonds. The van der Waals surface area contributed by atoms with E-state index in [4.69, 9.17) is 10.00 Å². The molecule has 1 aliphatic heterocycles. The molecule has 8 heteroatoms. The number of carbonyl (C=O) groups is 1. The number of hydrogen-bond donors (Lipinski definition) is 2. The van der Waals surface area contributed by atoms with E-state index in [0.29, 0.717) is 23.2 Å². The molecule has 1 saturated carbocycles. The van der Waals surface area contributed by atoms with Crippen molar-refractivity contribution in [1.29, 1.82) is 5.26 Å². The van der Waals surface area contributed by atoms with Crippen LogP contribution in [0.25, 0.3) is 0 Å². The number of hydrogen-bond acceptors (Lipinski definition) is 6. The molecule has 0 radical (unpaired) electrons. The summed E-state index contributed by atoms with van der Waals surface area (Å²) in [6.07, 6.45) is 2.74. The fourth-order valence-corrected chi connectivity index (χ4v) is 5.60. The zero-order valence-corrected chi connectivity index (χ0v) is 18.4. The van der Waals surface area contributed by atoms with Crippen LogP contribution in [0.2, 0.25) is 0 Å². The Morgan fingerprint density at radius 2 is 1.97 bits per heavy atom. The van der Waals surface area contributed by atoms with Crippen LogP contribution in [-0.2, 0) is 19.6 Å². The summed E-state index contributed by atoms with van der Waals surface area (Å²) in [4.78, 5) is 12.7. The van der Waals surface area contributed by atoms with Gasteiger partial charge in [-0.3, -0.25) is 4.72 Å². The first-order valence-corrected chi connectivity index (χ1v) is 12.1. The van der Waals surface area contributed by atoms with Gasteiger partial charge in [0, 0.05) is 11.6 Å². The Hall–Kier alpha value is -3.31. The number of anilines is 1. The predicted molar refractivity (Wildman–Crippen MR) is 118 cm³/mol. The minimum atomic E-state index is -3.86. The molecule has 1 heterocycles. The summed E-state index contributed by atoms with van der Waals surface area (Å²) in [5.41, 5.74) is 1.69. The Morgan fingerprint density at radius 3 is 2.66 bits per heavy atom. The van der Waals surface area contributed by atoms with E-state index in [-0.39, 0.29) is 28.2 Å². The summed E-state index contributed by atoms with van der Waals surface area (Å²) in [6.45, 7) is 1.91. The molecule has 0 bridgehead atoms. The van der Waals surface area contributed by atoms with E-state index >= 15 is 0 Å². The van der Waals surface area contributed by atoms with Crippen molar-refractivity contribution in [2.45, 2.75) is 49.5 Å². The van der Waals surface area contributed by atoms with Crippen LogP contribution in [0.3, 0.4) is 0 Å². The highest BCUT2D eigenvalue weighted by molar-refractivity contribution is 7.92. The third-order valence-electron chi connectivity index (χ3n) is 6.15. The largest absolute Gasteiger partial charge is 0.511 e. The van der Waals surface area contributed by atoms with Crippen molar-refractivity contribution in [1.82, 2.24) is 0 Å². The molecule has 32 heavy (non-hydrogen) atoms. The van der Waals surface area contributed by atoms with E-state index in [9.17, 15) is 18.3 Å². The average molecular weight is 453 g/mol. The smallest absolute Gasteiger partial charge is 0.338 e. The molecule has 1 fully saturated rings. The number of sulfonamides is 1. The molecule has 166 valence electrons. The third-order valence-corrected chi connectivity index (χ3v) is 7.55. The summed E-state index contributed by atoms with van der Waals surface area (Å²) < 4.78 is 33.7. The lowest BCUT2D eigenvalue weighted by Crippen LogP contribution is -2.33. The standard InChI is InChI=1S/C24H24N2O5S/c1-2-19(22-23(27)20-7-4-8-21(20)31-24(22)28)16-5-3-6-17(13-16)26-32(29,30)18-11-9-15(14-25)10-12-18/h3,5-6,9-13,19-21,26-27H,2,4,7-8H2,1H3. The number of carbonyl (C=O) groups excluding carboxylic acids is 1. The molecule has 7 nitrogen and oxygen atoms in total. The zero-order chi connectivity index (χ0) is 22.9. The maximum atomic E-state index is 12.8. The number of nitrogens with one attached hydrogen (secondary N) is 1. The second-order valence-electron chi connectivity index (χ2n) is 8.11. The predicted octanol–water partition coefficient (Wildman–Crippen LogP) is 4.39. The van der Waals surface area contributed by atoms with Gasteiger partial charge in [0.15, 0.2) is 0 Å². The van der Waals surface area contributed by atoms with Gasteiger partial charge in [-0.05, 0) is 67.6 Å². The summed E-state index contributed by atoms with van der Waals surface area (Å²) in [5, 5.41) is 19.8. The van der Waals surface area contributed by atoms with Crippen molar-refractivity contribution in [2.75, 3.05) is 4.72 Å². The molecule has 0 aromatic heterocycles. The topological polar surface area (TPSA) is 116 Å². The summed E-state index contributed by atoms with van der Waals surface area (Å²) in [5.74, 6) is -0.960. The molecular weight excluding hydrogens is 428 g/mol. The Balaban J connectivity index is 1.63. The highest BCUT2D eigenvalue weighted by Gasteiger charge is 2.43. The molecular formula is C24H24N2O5S. The minimum Gasteiger partial charge on any atom is -0.511 e. The van der Waals surface area contributed by atoms with E-state index in [0.717, 1.165) is 19.3 Å². The first-order chi connectivity index (χ1) is 15.3. The Morgan fingerprint density at radius 1 is 1.22 bits per heavy atom. The molecule has 0 saturated heterocycles. The summed E-state index contributed by atoms with van der Waals surface area (Å²) in [6, 6.07) is 14.4. The summed E-state index contributed by atoms with van der Waals surface area (Å²) in [7, 11) is -3.86. The molecule has 2 aliphatic rings. The zero-order valence-electron chi connectivity index (χ0n) is 17.6. The molecule has 2 aromatic carbocycles. The molecule has 2 aromatic rings. The fraction of sp³-hybridized carbons (Fsp3) is 0.333. The summed E-state index contributed by atoms with van der Waals surface area (Å²) >= 11 is 0. The second kappa shape index (κ2) is 8.67. The molecule has 4 rings (SSSR count). The van der Waals surface area contributed by atoms with Crippen molar-refractivity contribution in [3.63, 3.8) is 0 Å². The van der Waals surface area contributed by atoms with Gasteiger partial charge in [0.2, 0.25) is 0 Å². The Bertz CT molecular complexity index is 1210. The van der Waals surface area contributed by atoms with Gasteiger partial charge in [-0.25, -0.2) is 13.2 Å². The normalized spacial score (nSPS) is 21.4. The first kappa shape index (κ1) is 21.9. The maximum Gasteiger partial charge on any atom is 0.338 e. The van der Waals surface area contributed by atoms with Crippen LogP contribution < -0.4 is 4.72 Å². The molecule has 2 N–H and O–H groups in total. The second-order valence-corrected chi connectivity index (χ2v) is 9.79. The first-order valence-electron chi connectivity index (χ1n) is 10.6. The van der Waals surface area contributed by atoms with Gasteiger partial charge in [-0.15, -0.1) is 0 Å². The van der Waals surface area contributed by atoms with Crippen LogP contribution in [0.15, 0.2) is 64.8 Å². The van der Waals surface area contributed by atoms with Crippen molar-refractivity contribution < 1.29 is 23.1 Å². The highest BCUT2D eigenvalue weighted by atomic mass is 32.2. The fourth-order valence-electron chi connectivity index (χ4n) is 4.55. The van der Waals surface area contributed by atoms with Gasteiger partial charge in [0.05, 0.1) is 28.0 Å². The average Bonchev–Trinajstić information content (AvgIpc) is 3.25. The minimum absolute atomic E-state index is 0.0393. The van der Waals surface area contributed by atoms with Crippen molar-refractivity contribution in [3.8, 4) is 6.07 Å². The van der Waals surface area contributed by atoms with Gasteiger partial charge in [-0.1, -0.05) is 19.1 Å². The van der Waals surface area contributed by atoms with Crippen molar-refractivity contribution in [3.05, 3.63) is 71.0 Å². The SMILES string of the molecule is CCC(C1=C(O)C2CCCC2OC1=O)c1cccc(NS(=O)(=O)c2ccc(C#N)cc2)c1. The number of fused-ring (bicyclic) bond motifs is 1. The van der Waals surface area contributed by atoms with Crippen LogP contribution in [0.5, 0.6) is 0 Å². The number of aliphatic hydroxyl groups is 1. The van der Waals surface area contributed by atoms with Crippen molar-refractivity contribution >= 4 is 21.7 Å². The number of nitriles is 1. The van der Waals surface area contributed by atoms with Gasteiger partial charge >= 0.3 is 5.97 Å². The highest BCUT2D eigenvalue weighted by Crippen LogP contribution is 2.43. The van der Waals surface area contributed by atoms with Gasteiger partial charge in [0.1, 0.15) is 11.9 Å². The molecule has 0 spiro atoms. The van der Waals surface area contributed by atoms with Crippen LogP contribution in [-0.4, -0.2) is 25.6 Å². The lowest BCUT2D eigenvalue weighted by Gasteiger charge is -2.30. The van der Waals surface area contributed by atoms with Gasteiger partial charge < -0.3 is 9.84 Å². The van der Waals surface area contributed by atoms with E-state index in [1.54, 1.807) is 18.2 Å². The van der Waals surface area contributed by atoms with Crippen LogP contribution in [0, 0.1) is 17.2 Å². The molecule has 1 aliphatic carbocycles.